The molecule has 0 saturated carbocycles. The minimum absolute atomic E-state index is 0.483. The Balaban J connectivity index is 2.64. The van der Waals surface area contributed by atoms with Gasteiger partial charge in [-0.25, -0.2) is 0 Å². The van der Waals surface area contributed by atoms with Crippen LogP contribution < -0.4 is 4.74 Å². The third kappa shape index (κ3) is 9.34. The molecule has 2 N–H and O–H groups in total. The molecule has 0 amide bonds. The fraction of sp³-hybridized carbons (Fsp3) is 0.500. The van der Waals surface area contributed by atoms with Crippen molar-refractivity contribution >= 4 is 18.2 Å². The zero-order chi connectivity index (χ0) is 18.5. The molecule has 0 aromatic heterocycles. The number of unbranched alkanes of at least 4 members (excludes halogenated alkanes) is 4. The molecular formula is C18H26N2O5. The lowest BCUT2D eigenvalue weighted by molar-refractivity contribution is -0.141. The van der Waals surface area contributed by atoms with Crippen molar-refractivity contribution in [1.29, 1.82) is 0 Å². The smallest absolute Gasteiger partial charge is 0.324 e. The van der Waals surface area contributed by atoms with Crippen LogP contribution in [0.2, 0.25) is 0 Å². The number of carboxylic acids is 2. The second-order valence-corrected chi connectivity index (χ2v) is 5.66. The molecule has 0 saturated heterocycles. The Morgan fingerprint density at radius 1 is 1.08 bits per heavy atom. The van der Waals surface area contributed by atoms with E-state index in [2.05, 4.69) is 12.0 Å². The number of para-hydroxylation sites is 1. The van der Waals surface area contributed by atoms with Gasteiger partial charge in [0.25, 0.3) is 0 Å². The van der Waals surface area contributed by atoms with Gasteiger partial charge in [-0.2, -0.15) is 5.10 Å². The zero-order valence-corrected chi connectivity index (χ0v) is 14.6. The largest absolute Gasteiger partial charge is 0.493 e. The Hall–Kier alpha value is -2.57. The molecule has 0 bridgehead atoms. The fourth-order valence-corrected chi connectivity index (χ4v) is 2.20. The van der Waals surface area contributed by atoms with Gasteiger partial charge in [0.2, 0.25) is 0 Å². The van der Waals surface area contributed by atoms with Gasteiger partial charge in [-0.1, -0.05) is 44.7 Å². The van der Waals surface area contributed by atoms with Crippen molar-refractivity contribution < 1.29 is 24.5 Å². The van der Waals surface area contributed by atoms with Crippen molar-refractivity contribution in [2.45, 2.75) is 39.0 Å². The van der Waals surface area contributed by atoms with E-state index in [0.29, 0.717) is 17.9 Å². The molecule has 0 unspecified atom stereocenters. The van der Waals surface area contributed by atoms with Crippen LogP contribution in [0.5, 0.6) is 5.75 Å². The second kappa shape index (κ2) is 11.9. The molecule has 1 rings (SSSR count). The van der Waals surface area contributed by atoms with Crippen LogP contribution in [0.4, 0.5) is 0 Å². The van der Waals surface area contributed by atoms with Crippen molar-refractivity contribution in [3.8, 4) is 5.75 Å². The number of nitrogens with zero attached hydrogens (tertiary/aromatic N) is 2. The van der Waals surface area contributed by atoms with E-state index in [9.17, 15) is 9.59 Å². The summed E-state index contributed by atoms with van der Waals surface area (Å²) in [7, 11) is 0. The highest BCUT2D eigenvalue weighted by Gasteiger charge is 2.11. The lowest BCUT2D eigenvalue weighted by Crippen LogP contribution is -2.30. The molecule has 0 atom stereocenters. The number of hydrogen-bond acceptors (Lipinski definition) is 5. The molecule has 7 heteroatoms. The van der Waals surface area contributed by atoms with Gasteiger partial charge in [0, 0.05) is 5.56 Å². The van der Waals surface area contributed by atoms with E-state index in [1.807, 2.05) is 18.2 Å². The van der Waals surface area contributed by atoms with Crippen LogP contribution in [0.15, 0.2) is 29.4 Å². The number of ether oxygens (including phenoxy) is 1. The first-order chi connectivity index (χ1) is 12.0. The Morgan fingerprint density at radius 2 is 1.72 bits per heavy atom. The van der Waals surface area contributed by atoms with Gasteiger partial charge in [-0.15, -0.1) is 0 Å². The van der Waals surface area contributed by atoms with E-state index >= 15 is 0 Å². The molecule has 7 nitrogen and oxygen atoms in total. The molecule has 0 aliphatic carbocycles. The summed E-state index contributed by atoms with van der Waals surface area (Å²) in [5.74, 6) is -1.64. The number of benzene rings is 1. The predicted molar refractivity (Wildman–Crippen MR) is 95.1 cm³/mol. The van der Waals surface area contributed by atoms with E-state index in [-0.39, 0.29) is 0 Å². The highest BCUT2D eigenvalue weighted by Crippen LogP contribution is 2.17. The third-order valence-electron chi connectivity index (χ3n) is 3.42. The van der Waals surface area contributed by atoms with Gasteiger partial charge in [0.05, 0.1) is 12.8 Å². The maximum absolute atomic E-state index is 10.8. The minimum Gasteiger partial charge on any atom is -0.493 e. The zero-order valence-electron chi connectivity index (χ0n) is 14.6. The Kier molecular flexibility index (Phi) is 9.74. The lowest BCUT2D eigenvalue weighted by Gasteiger charge is -2.14. The summed E-state index contributed by atoms with van der Waals surface area (Å²) in [6.07, 6.45) is 7.14. The van der Waals surface area contributed by atoms with Crippen LogP contribution in [0.1, 0.15) is 44.6 Å². The molecule has 0 radical (unpaired) electrons. The molecule has 138 valence electrons. The van der Waals surface area contributed by atoms with Crippen molar-refractivity contribution in [2.24, 2.45) is 5.10 Å². The molecule has 1 aromatic rings. The van der Waals surface area contributed by atoms with Crippen LogP contribution in [-0.4, -0.2) is 53.1 Å². The van der Waals surface area contributed by atoms with E-state index in [0.717, 1.165) is 17.9 Å². The van der Waals surface area contributed by atoms with Crippen LogP contribution in [0.25, 0.3) is 0 Å². The summed E-state index contributed by atoms with van der Waals surface area (Å²) in [6, 6.07) is 7.26. The number of carboxylic acid groups (broad SMARTS) is 2. The van der Waals surface area contributed by atoms with Gasteiger partial charge in [0.1, 0.15) is 18.8 Å². The van der Waals surface area contributed by atoms with Crippen LogP contribution in [0, 0.1) is 0 Å². The van der Waals surface area contributed by atoms with Crippen LogP contribution >= 0.6 is 0 Å². The molecule has 0 heterocycles. The molecule has 0 spiro atoms. The summed E-state index contributed by atoms with van der Waals surface area (Å²) < 4.78 is 5.77. The van der Waals surface area contributed by atoms with E-state index < -0.39 is 25.0 Å². The number of hydrogen-bond donors (Lipinski definition) is 2. The number of hydrazone groups is 1. The highest BCUT2D eigenvalue weighted by atomic mass is 16.5. The lowest BCUT2D eigenvalue weighted by atomic mass is 10.2. The van der Waals surface area contributed by atoms with Gasteiger partial charge in [-0.05, 0) is 18.6 Å². The SMILES string of the molecule is CCCCCCCOc1ccccc1/C=N\N(CC(=O)O)CC(=O)O. The predicted octanol–water partition coefficient (Wildman–Crippen LogP) is 2.84. The molecule has 25 heavy (non-hydrogen) atoms. The summed E-state index contributed by atoms with van der Waals surface area (Å²) in [6.45, 7) is 1.80. The van der Waals surface area contributed by atoms with Gasteiger partial charge in [0.15, 0.2) is 0 Å². The molecule has 0 aliphatic rings. The maximum Gasteiger partial charge on any atom is 0.324 e. The Morgan fingerprint density at radius 3 is 2.36 bits per heavy atom. The molecule has 0 fully saturated rings. The van der Waals surface area contributed by atoms with Crippen LogP contribution in [-0.2, 0) is 9.59 Å². The summed E-state index contributed by atoms with van der Waals surface area (Å²) in [4.78, 5) is 21.6. The van der Waals surface area contributed by atoms with Gasteiger partial charge >= 0.3 is 11.9 Å². The second-order valence-electron chi connectivity index (χ2n) is 5.66. The molecule has 1 aromatic carbocycles. The Bertz CT molecular complexity index is 558. The first-order valence-corrected chi connectivity index (χ1v) is 8.47. The summed E-state index contributed by atoms with van der Waals surface area (Å²) >= 11 is 0. The normalized spacial score (nSPS) is 10.8. The number of aliphatic carboxylic acids is 2. The van der Waals surface area contributed by atoms with Gasteiger partial charge < -0.3 is 14.9 Å². The van der Waals surface area contributed by atoms with Crippen molar-refractivity contribution in [3.05, 3.63) is 29.8 Å². The fourth-order valence-electron chi connectivity index (χ4n) is 2.20. The molecular weight excluding hydrogens is 324 g/mol. The molecule has 0 aliphatic heterocycles. The van der Waals surface area contributed by atoms with E-state index in [1.54, 1.807) is 6.07 Å². The van der Waals surface area contributed by atoms with Crippen molar-refractivity contribution in [1.82, 2.24) is 5.01 Å². The quantitative estimate of drug-likeness (QED) is 0.322. The van der Waals surface area contributed by atoms with Crippen molar-refractivity contribution in [3.63, 3.8) is 0 Å². The monoisotopic (exact) mass is 350 g/mol. The average molecular weight is 350 g/mol. The first-order valence-electron chi connectivity index (χ1n) is 8.47. The average Bonchev–Trinajstić information content (AvgIpc) is 2.55. The van der Waals surface area contributed by atoms with E-state index in [4.69, 9.17) is 14.9 Å². The van der Waals surface area contributed by atoms with E-state index in [1.165, 1.54) is 25.5 Å². The summed E-state index contributed by atoms with van der Waals surface area (Å²) in [5, 5.41) is 22.6. The Labute approximate surface area is 147 Å². The topological polar surface area (TPSA) is 99.4 Å². The minimum atomic E-state index is -1.14. The number of carbonyl (C=O) groups is 2. The third-order valence-corrected chi connectivity index (χ3v) is 3.42. The number of rotatable bonds is 13. The highest BCUT2D eigenvalue weighted by molar-refractivity contribution is 5.83. The standard InChI is InChI=1S/C18H26N2O5/c1-2-3-4-5-8-11-25-16-10-7-6-9-15(16)12-19-20(13-17(21)22)14-18(23)24/h6-7,9-10,12H,2-5,8,11,13-14H2,1H3,(H,21,22)(H,23,24)/b19-12-. The first kappa shape index (κ1) is 20.5. The summed E-state index contributed by atoms with van der Waals surface area (Å²) in [5.41, 5.74) is 0.678. The maximum atomic E-state index is 10.8. The van der Waals surface area contributed by atoms with Crippen molar-refractivity contribution in [2.75, 3.05) is 19.7 Å². The van der Waals surface area contributed by atoms with Gasteiger partial charge in [-0.3, -0.25) is 14.6 Å². The van der Waals surface area contributed by atoms with Crippen LogP contribution in [0.3, 0.4) is 0 Å².